The first kappa shape index (κ1) is 15.9. The molecule has 0 radical (unpaired) electrons. The molecule has 0 amide bonds. The van der Waals surface area contributed by atoms with Gasteiger partial charge in [-0.1, -0.05) is 6.07 Å². The number of halogens is 4. The molecule has 2 rings (SSSR count). The fraction of sp³-hybridized carbons (Fsp3) is 0.308. The summed E-state index contributed by atoms with van der Waals surface area (Å²) in [6.07, 6.45) is -5.11. The van der Waals surface area contributed by atoms with Crippen molar-refractivity contribution >= 4 is 5.97 Å². The van der Waals surface area contributed by atoms with Crippen molar-refractivity contribution in [2.45, 2.75) is 19.5 Å². The Morgan fingerprint density at radius 2 is 2.09 bits per heavy atom. The van der Waals surface area contributed by atoms with Crippen molar-refractivity contribution in [1.82, 2.24) is 10.1 Å². The summed E-state index contributed by atoms with van der Waals surface area (Å²) in [6, 6.07) is 2.26. The third-order valence-corrected chi connectivity index (χ3v) is 2.65. The van der Waals surface area contributed by atoms with Crippen molar-refractivity contribution in [3.05, 3.63) is 46.9 Å². The van der Waals surface area contributed by atoms with Crippen LogP contribution in [0.1, 0.15) is 34.6 Å². The average Bonchev–Trinajstić information content (AvgIpc) is 2.88. The fourth-order valence-electron chi connectivity index (χ4n) is 1.73. The van der Waals surface area contributed by atoms with Crippen molar-refractivity contribution < 1.29 is 31.6 Å². The normalized spacial score (nSPS) is 11.5. The molecule has 9 heteroatoms. The number of carbonyl (C=O) groups excluding carboxylic acids is 1. The Bertz CT molecular complexity index is 682. The maximum atomic E-state index is 13.0. The summed E-state index contributed by atoms with van der Waals surface area (Å²) in [5, 5.41) is 3.32. The molecule has 0 saturated heterocycles. The van der Waals surface area contributed by atoms with E-state index in [1.807, 2.05) is 0 Å². The molecule has 0 aliphatic carbocycles. The summed E-state index contributed by atoms with van der Waals surface area (Å²) >= 11 is 0. The van der Waals surface area contributed by atoms with Crippen LogP contribution in [0.2, 0.25) is 0 Å². The van der Waals surface area contributed by atoms with Crippen LogP contribution in [0.15, 0.2) is 22.7 Å². The van der Waals surface area contributed by atoms with E-state index in [0.29, 0.717) is 6.07 Å². The molecular weight excluding hydrogens is 308 g/mol. The Morgan fingerprint density at radius 3 is 2.73 bits per heavy atom. The largest absolute Gasteiger partial charge is 0.460 e. The number of hydrogen-bond donors (Lipinski definition) is 0. The summed E-state index contributed by atoms with van der Waals surface area (Å²) in [5.41, 5.74) is -1.38. The van der Waals surface area contributed by atoms with Gasteiger partial charge in [-0.3, -0.25) is 0 Å². The lowest BCUT2D eigenvalue weighted by molar-refractivity contribution is -0.138. The van der Waals surface area contributed by atoms with Gasteiger partial charge in [0.2, 0.25) is 5.89 Å². The van der Waals surface area contributed by atoms with Crippen LogP contribution in [0.4, 0.5) is 17.6 Å². The van der Waals surface area contributed by atoms with Crippen molar-refractivity contribution in [2.75, 3.05) is 6.61 Å². The fourth-order valence-corrected chi connectivity index (χ4v) is 1.73. The van der Waals surface area contributed by atoms with Gasteiger partial charge in [-0.05, 0) is 29.8 Å². The van der Waals surface area contributed by atoms with Gasteiger partial charge in [-0.25, -0.2) is 9.18 Å². The van der Waals surface area contributed by atoms with Crippen molar-refractivity contribution in [3.63, 3.8) is 0 Å². The molecule has 0 atom stereocenters. The van der Waals surface area contributed by atoms with E-state index in [0.717, 1.165) is 12.1 Å². The second-order valence-electron chi connectivity index (χ2n) is 4.21. The maximum Gasteiger partial charge on any atom is 0.416 e. The van der Waals surface area contributed by atoms with Crippen LogP contribution in [0.25, 0.3) is 0 Å². The molecule has 0 saturated carbocycles. The third kappa shape index (κ3) is 3.60. The number of alkyl halides is 3. The first-order chi connectivity index (χ1) is 10.3. The highest BCUT2D eigenvalue weighted by Crippen LogP contribution is 2.33. The Hall–Kier alpha value is -2.45. The highest BCUT2D eigenvalue weighted by atomic mass is 19.4. The molecule has 1 aromatic carbocycles. The Balaban J connectivity index is 2.26. The second kappa shape index (κ2) is 6.12. The predicted molar refractivity (Wildman–Crippen MR) is 64.5 cm³/mol. The highest BCUT2D eigenvalue weighted by Gasteiger charge is 2.34. The standard InChI is InChI=1S/C13H10F4N2O3/c1-2-21-12(20)11-18-10(22-19-11)5-7-3-4-8(14)6-9(7)13(15,16)17/h3-4,6H,2,5H2,1H3. The molecule has 118 valence electrons. The third-order valence-electron chi connectivity index (χ3n) is 2.65. The first-order valence-electron chi connectivity index (χ1n) is 6.16. The van der Waals surface area contributed by atoms with Crippen LogP contribution >= 0.6 is 0 Å². The van der Waals surface area contributed by atoms with Gasteiger partial charge in [0.15, 0.2) is 0 Å². The topological polar surface area (TPSA) is 65.2 Å². The zero-order chi connectivity index (χ0) is 16.3. The Kier molecular flexibility index (Phi) is 4.43. The van der Waals surface area contributed by atoms with Gasteiger partial charge >= 0.3 is 12.1 Å². The van der Waals surface area contributed by atoms with E-state index in [1.165, 1.54) is 0 Å². The molecule has 0 fully saturated rings. The average molecular weight is 318 g/mol. The number of rotatable bonds is 4. The lowest BCUT2D eigenvalue weighted by atomic mass is 10.0. The molecule has 0 spiro atoms. The van der Waals surface area contributed by atoms with Crippen molar-refractivity contribution in [2.24, 2.45) is 0 Å². The number of ether oxygens (including phenoxy) is 1. The molecule has 2 aromatic rings. The minimum atomic E-state index is -4.72. The van der Waals surface area contributed by atoms with Crippen LogP contribution in [-0.4, -0.2) is 22.7 Å². The minimum absolute atomic E-state index is 0.0961. The van der Waals surface area contributed by atoms with Gasteiger partial charge in [-0.2, -0.15) is 18.2 Å². The predicted octanol–water partition coefficient (Wildman–Crippen LogP) is 3.00. The number of nitrogens with zero attached hydrogens (tertiary/aromatic N) is 2. The van der Waals surface area contributed by atoms with E-state index >= 15 is 0 Å². The zero-order valence-electron chi connectivity index (χ0n) is 11.3. The SMILES string of the molecule is CCOC(=O)c1noc(Cc2ccc(F)cc2C(F)(F)F)n1. The van der Waals surface area contributed by atoms with E-state index in [9.17, 15) is 22.4 Å². The molecule has 1 heterocycles. The molecule has 0 aliphatic heterocycles. The monoisotopic (exact) mass is 318 g/mol. The second-order valence-corrected chi connectivity index (χ2v) is 4.21. The lowest BCUT2D eigenvalue weighted by Gasteiger charge is -2.11. The molecule has 5 nitrogen and oxygen atoms in total. The smallest absolute Gasteiger partial charge is 0.416 e. The van der Waals surface area contributed by atoms with Gasteiger partial charge in [0, 0.05) is 0 Å². The van der Waals surface area contributed by atoms with Gasteiger partial charge in [-0.15, -0.1) is 0 Å². The van der Waals surface area contributed by atoms with E-state index in [4.69, 9.17) is 4.52 Å². The van der Waals surface area contributed by atoms with Crippen LogP contribution in [-0.2, 0) is 17.3 Å². The highest BCUT2D eigenvalue weighted by molar-refractivity contribution is 5.84. The zero-order valence-corrected chi connectivity index (χ0v) is 11.3. The Labute approximate surface area is 121 Å². The summed E-state index contributed by atoms with van der Waals surface area (Å²) in [4.78, 5) is 15.0. The van der Waals surface area contributed by atoms with E-state index in [1.54, 1.807) is 6.92 Å². The summed E-state index contributed by atoms with van der Waals surface area (Å²) in [5.74, 6) is -2.44. The molecule has 1 aromatic heterocycles. The number of carbonyl (C=O) groups is 1. The van der Waals surface area contributed by atoms with Gasteiger partial charge in [0.25, 0.3) is 5.82 Å². The lowest BCUT2D eigenvalue weighted by Crippen LogP contribution is -2.10. The van der Waals surface area contributed by atoms with Gasteiger partial charge in [0.1, 0.15) is 5.82 Å². The van der Waals surface area contributed by atoms with Crippen molar-refractivity contribution in [1.29, 1.82) is 0 Å². The molecular formula is C13H10F4N2O3. The van der Waals surface area contributed by atoms with Gasteiger partial charge in [0.05, 0.1) is 18.6 Å². The van der Waals surface area contributed by atoms with E-state index < -0.39 is 23.5 Å². The maximum absolute atomic E-state index is 13.0. The molecule has 0 N–H and O–H groups in total. The van der Waals surface area contributed by atoms with Crippen molar-refractivity contribution in [3.8, 4) is 0 Å². The summed E-state index contributed by atoms with van der Waals surface area (Å²) in [6.45, 7) is 1.67. The first-order valence-corrected chi connectivity index (χ1v) is 6.16. The molecule has 0 bridgehead atoms. The van der Waals surface area contributed by atoms with Crippen LogP contribution in [0.5, 0.6) is 0 Å². The quantitative estimate of drug-likeness (QED) is 0.640. The van der Waals surface area contributed by atoms with Crippen LogP contribution in [0.3, 0.4) is 0 Å². The number of benzene rings is 1. The molecule has 0 unspecified atom stereocenters. The van der Waals surface area contributed by atoms with E-state index in [2.05, 4.69) is 14.9 Å². The van der Waals surface area contributed by atoms with E-state index in [-0.39, 0.29) is 30.3 Å². The van der Waals surface area contributed by atoms with Crippen LogP contribution in [0, 0.1) is 5.82 Å². The van der Waals surface area contributed by atoms with Crippen LogP contribution < -0.4 is 0 Å². The number of aromatic nitrogens is 2. The van der Waals surface area contributed by atoms with Gasteiger partial charge < -0.3 is 9.26 Å². The Morgan fingerprint density at radius 1 is 1.36 bits per heavy atom. The molecule has 22 heavy (non-hydrogen) atoms. The summed E-state index contributed by atoms with van der Waals surface area (Å²) < 4.78 is 60.9. The molecule has 0 aliphatic rings. The summed E-state index contributed by atoms with van der Waals surface area (Å²) in [7, 11) is 0. The minimum Gasteiger partial charge on any atom is -0.460 e. The number of esters is 1. The number of hydrogen-bond acceptors (Lipinski definition) is 5.